The van der Waals surface area contributed by atoms with Gasteiger partial charge in [-0.1, -0.05) is 18.7 Å². The Morgan fingerprint density at radius 1 is 1.22 bits per heavy atom. The monoisotopic (exact) mass is 423 g/mol. The largest absolute Gasteiger partial charge is 0.496 e. The summed E-state index contributed by atoms with van der Waals surface area (Å²) in [5, 5.41) is 2.88. The Morgan fingerprint density at radius 3 is 2.61 bits per heavy atom. The average molecular weight is 423 g/mol. The highest BCUT2D eigenvalue weighted by Gasteiger charge is 2.11. The van der Waals surface area contributed by atoms with Crippen LogP contribution in [0.4, 0.5) is 5.69 Å². The summed E-state index contributed by atoms with van der Waals surface area (Å²) < 4.78 is 11.7. The maximum atomic E-state index is 12.4. The number of ether oxygens (including phenoxy) is 2. The standard InChI is InChI=1S/C18H18INO3/c1-12(2)11-23-17-7-5-4-6-15(17)20-18(21)13-8-9-16(22-3)14(19)10-13/h4-10H,1,11H2,2-3H3,(H,20,21). The molecule has 0 heterocycles. The summed E-state index contributed by atoms with van der Waals surface area (Å²) in [6.07, 6.45) is 0. The lowest BCUT2D eigenvalue weighted by atomic mass is 10.2. The summed E-state index contributed by atoms with van der Waals surface area (Å²) in [4.78, 5) is 12.4. The molecule has 0 saturated carbocycles. The van der Waals surface area contributed by atoms with Gasteiger partial charge in [-0.2, -0.15) is 0 Å². The zero-order chi connectivity index (χ0) is 16.8. The van der Waals surface area contributed by atoms with Crippen molar-refractivity contribution >= 4 is 34.2 Å². The van der Waals surface area contributed by atoms with E-state index >= 15 is 0 Å². The Labute approximate surface area is 149 Å². The van der Waals surface area contributed by atoms with E-state index in [9.17, 15) is 4.79 Å². The Hall–Kier alpha value is -2.02. The number of hydrogen-bond donors (Lipinski definition) is 1. The van der Waals surface area contributed by atoms with Crippen molar-refractivity contribution in [3.05, 3.63) is 63.8 Å². The number of hydrogen-bond acceptors (Lipinski definition) is 3. The summed E-state index contributed by atoms with van der Waals surface area (Å²) in [6, 6.07) is 12.6. The molecule has 0 bridgehead atoms. The molecule has 0 fully saturated rings. The third kappa shape index (κ3) is 4.72. The van der Waals surface area contributed by atoms with Gasteiger partial charge in [0.05, 0.1) is 16.4 Å². The lowest BCUT2D eigenvalue weighted by Gasteiger charge is -2.13. The first-order chi connectivity index (χ1) is 11.0. The number of carbonyl (C=O) groups is 1. The second kappa shape index (κ2) is 8.01. The molecule has 0 unspecified atom stereocenters. The quantitative estimate of drug-likeness (QED) is 0.550. The van der Waals surface area contributed by atoms with Crippen LogP contribution in [-0.2, 0) is 0 Å². The highest BCUT2D eigenvalue weighted by molar-refractivity contribution is 14.1. The van der Waals surface area contributed by atoms with Crippen LogP contribution in [0.15, 0.2) is 54.6 Å². The van der Waals surface area contributed by atoms with Gasteiger partial charge >= 0.3 is 0 Å². The first-order valence-corrected chi connectivity index (χ1v) is 8.10. The topological polar surface area (TPSA) is 47.6 Å². The van der Waals surface area contributed by atoms with E-state index in [1.807, 2.05) is 25.1 Å². The van der Waals surface area contributed by atoms with Gasteiger partial charge in [0.1, 0.15) is 18.1 Å². The van der Waals surface area contributed by atoms with Crippen molar-refractivity contribution in [3.8, 4) is 11.5 Å². The van der Waals surface area contributed by atoms with E-state index in [-0.39, 0.29) is 5.91 Å². The number of nitrogens with one attached hydrogen (secondary N) is 1. The van der Waals surface area contributed by atoms with Crippen molar-refractivity contribution in [2.24, 2.45) is 0 Å². The molecule has 0 saturated heterocycles. The van der Waals surface area contributed by atoms with E-state index in [1.165, 1.54) is 0 Å². The maximum absolute atomic E-state index is 12.4. The second-order valence-electron chi connectivity index (χ2n) is 5.05. The molecular formula is C18H18INO3. The molecule has 0 atom stereocenters. The Kier molecular flexibility index (Phi) is 6.04. The second-order valence-corrected chi connectivity index (χ2v) is 6.21. The third-order valence-corrected chi connectivity index (χ3v) is 3.87. The minimum Gasteiger partial charge on any atom is -0.496 e. The molecule has 0 aliphatic rings. The number of carbonyl (C=O) groups excluding carboxylic acids is 1. The van der Waals surface area contributed by atoms with E-state index in [4.69, 9.17) is 9.47 Å². The molecule has 0 aliphatic carbocycles. The van der Waals surface area contributed by atoms with Crippen molar-refractivity contribution in [2.45, 2.75) is 6.92 Å². The van der Waals surface area contributed by atoms with Crippen molar-refractivity contribution in [1.29, 1.82) is 0 Å². The lowest BCUT2D eigenvalue weighted by Crippen LogP contribution is -2.13. The number of para-hydroxylation sites is 2. The SMILES string of the molecule is C=C(C)COc1ccccc1NC(=O)c1ccc(OC)c(I)c1. The maximum Gasteiger partial charge on any atom is 0.255 e. The summed E-state index contributed by atoms with van der Waals surface area (Å²) in [5.41, 5.74) is 2.10. The lowest BCUT2D eigenvalue weighted by molar-refractivity contribution is 0.102. The Morgan fingerprint density at radius 2 is 1.96 bits per heavy atom. The fourth-order valence-electron chi connectivity index (χ4n) is 1.90. The predicted molar refractivity (Wildman–Crippen MR) is 100 cm³/mol. The minimum atomic E-state index is -0.197. The van der Waals surface area contributed by atoms with Gasteiger partial charge in [-0.15, -0.1) is 0 Å². The van der Waals surface area contributed by atoms with Crippen LogP contribution in [0.1, 0.15) is 17.3 Å². The molecule has 0 spiro atoms. The van der Waals surface area contributed by atoms with Gasteiger partial charge in [0, 0.05) is 5.56 Å². The summed E-state index contributed by atoms with van der Waals surface area (Å²) in [7, 11) is 1.60. The molecule has 0 aromatic heterocycles. The fraction of sp³-hybridized carbons (Fsp3) is 0.167. The third-order valence-electron chi connectivity index (χ3n) is 3.02. The van der Waals surface area contributed by atoms with Crippen LogP contribution in [0, 0.1) is 3.57 Å². The van der Waals surface area contributed by atoms with Crippen LogP contribution in [0.3, 0.4) is 0 Å². The van der Waals surface area contributed by atoms with Crippen LogP contribution in [0.2, 0.25) is 0 Å². The summed E-state index contributed by atoms with van der Waals surface area (Å²) >= 11 is 2.14. The number of benzene rings is 2. The van der Waals surface area contributed by atoms with Gasteiger partial charge in [0.2, 0.25) is 0 Å². The summed E-state index contributed by atoms with van der Waals surface area (Å²) in [6.45, 7) is 6.11. The molecular weight excluding hydrogens is 405 g/mol. The average Bonchev–Trinajstić information content (AvgIpc) is 2.53. The molecule has 5 heteroatoms. The molecule has 4 nitrogen and oxygen atoms in total. The van der Waals surface area contributed by atoms with Gasteiger partial charge in [-0.3, -0.25) is 4.79 Å². The van der Waals surface area contributed by atoms with Gasteiger partial charge in [0.25, 0.3) is 5.91 Å². The Bertz CT molecular complexity index is 728. The number of amides is 1. The molecule has 2 aromatic carbocycles. The number of anilines is 1. The summed E-state index contributed by atoms with van der Waals surface area (Å²) in [5.74, 6) is 1.16. The molecule has 0 radical (unpaired) electrons. The van der Waals surface area contributed by atoms with Crippen LogP contribution >= 0.6 is 22.6 Å². The first-order valence-electron chi connectivity index (χ1n) is 7.02. The number of rotatable bonds is 6. The fourth-order valence-corrected chi connectivity index (χ4v) is 2.63. The van der Waals surface area contributed by atoms with Crippen LogP contribution in [0.5, 0.6) is 11.5 Å². The van der Waals surface area contributed by atoms with Gasteiger partial charge in [0.15, 0.2) is 0 Å². The zero-order valence-electron chi connectivity index (χ0n) is 13.1. The van der Waals surface area contributed by atoms with E-state index < -0.39 is 0 Å². The smallest absolute Gasteiger partial charge is 0.255 e. The number of halogens is 1. The first kappa shape index (κ1) is 17.3. The van der Waals surface area contributed by atoms with E-state index in [1.54, 1.807) is 31.4 Å². The van der Waals surface area contributed by atoms with Crippen molar-refractivity contribution in [3.63, 3.8) is 0 Å². The molecule has 0 aliphatic heterocycles. The predicted octanol–water partition coefficient (Wildman–Crippen LogP) is 4.51. The van der Waals surface area contributed by atoms with Gasteiger partial charge in [-0.05, 0) is 65.4 Å². The van der Waals surface area contributed by atoms with Crippen LogP contribution < -0.4 is 14.8 Å². The molecule has 1 N–H and O–H groups in total. The zero-order valence-corrected chi connectivity index (χ0v) is 15.2. The number of methoxy groups -OCH3 is 1. The Balaban J connectivity index is 2.17. The van der Waals surface area contributed by atoms with Crippen molar-refractivity contribution in [2.75, 3.05) is 19.0 Å². The van der Waals surface area contributed by atoms with Gasteiger partial charge in [-0.25, -0.2) is 0 Å². The molecule has 23 heavy (non-hydrogen) atoms. The molecule has 2 aromatic rings. The molecule has 1 amide bonds. The van der Waals surface area contributed by atoms with E-state index in [2.05, 4.69) is 34.5 Å². The minimum absolute atomic E-state index is 0.197. The van der Waals surface area contributed by atoms with Crippen molar-refractivity contribution < 1.29 is 14.3 Å². The van der Waals surface area contributed by atoms with E-state index in [0.717, 1.165) is 14.9 Å². The normalized spacial score (nSPS) is 10.0. The molecule has 2 rings (SSSR count). The van der Waals surface area contributed by atoms with Crippen LogP contribution in [0.25, 0.3) is 0 Å². The van der Waals surface area contributed by atoms with Crippen molar-refractivity contribution in [1.82, 2.24) is 0 Å². The molecule has 120 valence electrons. The van der Waals surface area contributed by atoms with E-state index in [0.29, 0.717) is 23.6 Å². The van der Waals surface area contributed by atoms with Crippen LogP contribution in [-0.4, -0.2) is 19.6 Å². The van der Waals surface area contributed by atoms with Gasteiger partial charge < -0.3 is 14.8 Å². The highest BCUT2D eigenvalue weighted by atomic mass is 127. The highest BCUT2D eigenvalue weighted by Crippen LogP contribution is 2.26.